The molecule has 5 heteroatoms. The van der Waals surface area contributed by atoms with Gasteiger partial charge in [0.2, 0.25) is 0 Å². The summed E-state index contributed by atoms with van der Waals surface area (Å²) >= 11 is 1.67. The van der Waals surface area contributed by atoms with Gasteiger partial charge in [-0.25, -0.2) is 4.98 Å². The Bertz CT molecular complexity index is 480. The van der Waals surface area contributed by atoms with Gasteiger partial charge in [-0.1, -0.05) is 25.2 Å². The van der Waals surface area contributed by atoms with Crippen molar-refractivity contribution in [1.82, 2.24) is 4.98 Å². The van der Waals surface area contributed by atoms with Gasteiger partial charge in [0, 0.05) is 26.3 Å². The molecule has 4 nitrogen and oxygen atoms in total. The first-order chi connectivity index (χ1) is 9.46. The highest BCUT2D eigenvalue weighted by Crippen LogP contribution is 2.44. The first-order valence-electron chi connectivity index (χ1n) is 7.44. The Labute approximate surface area is 124 Å². The second-order valence-corrected chi connectivity index (χ2v) is 7.83. The number of hydrogen-bond acceptors (Lipinski definition) is 5. The molecular formula is C15H24N2O2S. The number of ether oxygens (including phenoxy) is 1. The third-order valence-electron chi connectivity index (χ3n) is 4.45. The monoisotopic (exact) mass is 296 g/mol. The molecule has 0 bridgehead atoms. The molecule has 1 aliphatic carbocycles. The molecule has 2 heterocycles. The predicted octanol–water partition coefficient (Wildman–Crippen LogP) is 2.76. The average molecular weight is 296 g/mol. The Morgan fingerprint density at radius 2 is 2.05 bits per heavy atom. The van der Waals surface area contributed by atoms with E-state index in [4.69, 9.17) is 9.72 Å². The second kappa shape index (κ2) is 5.28. The highest BCUT2D eigenvalue weighted by Gasteiger charge is 2.35. The van der Waals surface area contributed by atoms with Crippen molar-refractivity contribution < 1.29 is 9.84 Å². The van der Waals surface area contributed by atoms with E-state index < -0.39 is 0 Å². The molecule has 1 fully saturated rings. The minimum atomic E-state index is -0.344. The largest absolute Gasteiger partial charge is 0.387 e. The SMILES string of the molecule is CN(c1nc2c(s1)C(O)CC(C)(C)C2)C1CCOCC1. The van der Waals surface area contributed by atoms with Crippen molar-refractivity contribution in [3.63, 3.8) is 0 Å². The lowest BCUT2D eigenvalue weighted by Crippen LogP contribution is -2.36. The average Bonchev–Trinajstić information content (AvgIpc) is 2.81. The van der Waals surface area contributed by atoms with Crippen LogP contribution in [0.5, 0.6) is 0 Å². The lowest BCUT2D eigenvalue weighted by Gasteiger charge is -2.31. The normalized spacial score (nSPS) is 26.3. The minimum Gasteiger partial charge on any atom is -0.387 e. The zero-order valence-electron chi connectivity index (χ0n) is 12.6. The van der Waals surface area contributed by atoms with Crippen LogP contribution in [0.2, 0.25) is 0 Å². The Morgan fingerprint density at radius 1 is 1.35 bits per heavy atom. The molecular weight excluding hydrogens is 272 g/mol. The maximum atomic E-state index is 10.3. The molecule has 1 atom stereocenters. The highest BCUT2D eigenvalue weighted by atomic mass is 32.1. The van der Waals surface area contributed by atoms with Crippen LogP contribution in [0, 0.1) is 5.41 Å². The fourth-order valence-corrected chi connectivity index (χ4v) is 4.36. The van der Waals surface area contributed by atoms with E-state index in [0.717, 1.165) is 54.6 Å². The Hall–Kier alpha value is -0.650. The molecule has 2 aliphatic rings. The van der Waals surface area contributed by atoms with E-state index >= 15 is 0 Å². The quantitative estimate of drug-likeness (QED) is 0.911. The molecule has 0 spiro atoms. The molecule has 0 amide bonds. The van der Waals surface area contributed by atoms with E-state index in [2.05, 4.69) is 25.8 Å². The fourth-order valence-electron chi connectivity index (χ4n) is 3.26. The van der Waals surface area contributed by atoms with Crippen molar-refractivity contribution in [3.8, 4) is 0 Å². The third kappa shape index (κ3) is 2.71. The molecule has 112 valence electrons. The number of fused-ring (bicyclic) bond motifs is 1. The van der Waals surface area contributed by atoms with Crippen molar-refractivity contribution in [2.24, 2.45) is 5.41 Å². The molecule has 20 heavy (non-hydrogen) atoms. The summed E-state index contributed by atoms with van der Waals surface area (Å²) in [4.78, 5) is 8.18. The number of aromatic nitrogens is 1. The summed E-state index contributed by atoms with van der Waals surface area (Å²) in [6, 6.07) is 0.515. The summed E-state index contributed by atoms with van der Waals surface area (Å²) in [5, 5.41) is 11.4. The van der Waals surface area contributed by atoms with E-state index in [1.54, 1.807) is 11.3 Å². The summed E-state index contributed by atoms with van der Waals surface area (Å²) in [5.41, 5.74) is 1.25. The van der Waals surface area contributed by atoms with Gasteiger partial charge in [-0.05, 0) is 31.1 Å². The first kappa shape index (κ1) is 14.3. The van der Waals surface area contributed by atoms with E-state index in [1.807, 2.05) is 0 Å². The van der Waals surface area contributed by atoms with Gasteiger partial charge in [0.05, 0.1) is 16.7 Å². The summed E-state index contributed by atoms with van der Waals surface area (Å²) in [6.45, 7) is 6.10. The molecule has 3 rings (SSSR count). The molecule has 1 aromatic heterocycles. The van der Waals surface area contributed by atoms with Crippen LogP contribution in [0.4, 0.5) is 5.13 Å². The highest BCUT2D eigenvalue weighted by molar-refractivity contribution is 7.15. The van der Waals surface area contributed by atoms with Crippen molar-refractivity contribution in [2.75, 3.05) is 25.2 Å². The van der Waals surface area contributed by atoms with Gasteiger partial charge in [0.25, 0.3) is 0 Å². The molecule has 1 unspecified atom stereocenters. The van der Waals surface area contributed by atoms with Crippen LogP contribution in [0.15, 0.2) is 0 Å². The van der Waals surface area contributed by atoms with Crippen molar-refractivity contribution >= 4 is 16.5 Å². The Kier molecular flexibility index (Phi) is 3.77. The number of rotatable bonds is 2. The van der Waals surface area contributed by atoms with Crippen molar-refractivity contribution in [1.29, 1.82) is 0 Å². The molecule has 0 radical (unpaired) electrons. The van der Waals surface area contributed by atoms with Gasteiger partial charge in [-0.2, -0.15) is 0 Å². The molecule has 1 aliphatic heterocycles. The number of anilines is 1. The summed E-state index contributed by atoms with van der Waals surface area (Å²) < 4.78 is 5.43. The van der Waals surface area contributed by atoms with Crippen molar-refractivity contribution in [2.45, 2.75) is 51.7 Å². The van der Waals surface area contributed by atoms with Gasteiger partial charge in [0.1, 0.15) is 0 Å². The first-order valence-corrected chi connectivity index (χ1v) is 8.26. The van der Waals surface area contributed by atoms with Gasteiger partial charge < -0.3 is 14.7 Å². The minimum absolute atomic E-state index is 0.148. The fraction of sp³-hybridized carbons (Fsp3) is 0.800. The number of thiazole rings is 1. The van der Waals surface area contributed by atoms with Gasteiger partial charge in [0.15, 0.2) is 5.13 Å². The maximum absolute atomic E-state index is 10.3. The van der Waals surface area contributed by atoms with E-state index in [1.165, 1.54) is 0 Å². The molecule has 0 aromatic carbocycles. The zero-order valence-corrected chi connectivity index (χ0v) is 13.4. The summed E-state index contributed by atoms with van der Waals surface area (Å²) in [6.07, 6.45) is 3.59. The maximum Gasteiger partial charge on any atom is 0.185 e. The molecule has 1 saturated heterocycles. The second-order valence-electron chi connectivity index (χ2n) is 6.82. The number of hydrogen-bond donors (Lipinski definition) is 1. The Balaban J connectivity index is 1.82. The van der Waals surface area contributed by atoms with Gasteiger partial charge in [-0.15, -0.1) is 0 Å². The van der Waals surface area contributed by atoms with Crippen LogP contribution in [0.3, 0.4) is 0 Å². The van der Waals surface area contributed by atoms with Crippen molar-refractivity contribution in [3.05, 3.63) is 10.6 Å². The lowest BCUT2D eigenvalue weighted by molar-refractivity contribution is 0.0855. The summed E-state index contributed by atoms with van der Waals surface area (Å²) in [5.74, 6) is 0. The molecule has 0 saturated carbocycles. The Morgan fingerprint density at radius 3 is 2.75 bits per heavy atom. The van der Waals surface area contributed by atoms with E-state index in [-0.39, 0.29) is 11.5 Å². The number of aliphatic hydroxyl groups is 1. The van der Waals surface area contributed by atoms with Crippen LogP contribution in [-0.2, 0) is 11.2 Å². The third-order valence-corrected chi connectivity index (χ3v) is 5.74. The van der Waals surface area contributed by atoms with Crippen LogP contribution in [0.25, 0.3) is 0 Å². The smallest absolute Gasteiger partial charge is 0.185 e. The number of aliphatic hydroxyl groups excluding tert-OH is 1. The summed E-state index contributed by atoms with van der Waals surface area (Å²) in [7, 11) is 2.12. The standard InChI is InChI=1S/C15H24N2O2S/c1-15(2)8-11-13(12(18)9-15)20-14(16-11)17(3)10-4-6-19-7-5-10/h10,12,18H,4-9H2,1-3H3. The van der Waals surface area contributed by atoms with Gasteiger partial charge in [-0.3, -0.25) is 0 Å². The lowest BCUT2D eigenvalue weighted by atomic mass is 9.77. The van der Waals surface area contributed by atoms with E-state index in [9.17, 15) is 5.11 Å². The topological polar surface area (TPSA) is 45.6 Å². The van der Waals surface area contributed by atoms with Crippen LogP contribution in [-0.4, -0.2) is 36.4 Å². The van der Waals surface area contributed by atoms with E-state index in [0.29, 0.717) is 6.04 Å². The van der Waals surface area contributed by atoms with Crippen LogP contribution in [0.1, 0.15) is 49.8 Å². The van der Waals surface area contributed by atoms with Gasteiger partial charge >= 0.3 is 0 Å². The number of nitrogens with zero attached hydrogens (tertiary/aromatic N) is 2. The van der Waals surface area contributed by atoms with Crippen LogP contribution >= 0.6 is 11.3 Å². The zero-order chi connectivity index (χ0) is 14.3. The molecule has 1 N–H and O–H groups in total. The van der Waals surface area contributed by atoms with Crippen LogP contribution < -0.4 is 4.90 Å². The molecule has 1 aromatic rings. The predicted molar refractivity (Wildman–Crippen MR) is 81.4 cm³/mol.